The second-order valence-corrected chi connectivity index (χ2v) is 6.16. The number of Topliss-reactive ketones (excluding diaryl/α,β-unsaturated/α-hetero) is 1. The van der Waals surface area contributed by atoms with Gasteiger partial charge >= 0.3 is 6.09 Å². The molecule has 18 heavy (non-hydrogen) atoms. The molecule has 0 unspecified atom stereocenters. The fraction of sp³-hybridized carbons (Fsp3) is 0.714. The maximum Gasteiger partial charge on any atom is 0.408 e. The molecule has 0 aromatic carbocycles. The highest BCUT2D eigenvalue weighted by atomic mass is 16.6. The third-order valence-electron chi connectivity index (χ3n) is 2.99. The van der Waals surface area contributed by atoms with E-state index in [9.17, 15) is 9.59 Å². The molecule has 1 rings (SSSR count). The van der Waals surface area contributed by atoms with Gasteiger partial charge in [-0.05, 0) is 27.2 Å². The molecule has 0 bridgehead atoms. The van der Waals surface area contributed by atoms with E-state index in [1.807, 2.05) is 13.8 Å². The molecule has 4 heteroatoms. The third-order valence-corrected chi connectivity index (χ3v) is 2.99. The van der Waals surface area contributed by atoms with Crippen LogP contribution < -0.4 is 5.32 Å². The molecule has 0 aromatic rings. The standard InChI is InChI=1S/C14H23NO3/c1-7-10-8-14(10,11(16)9(2)3)15-12(17)18-13(4,5)6/h7,9-10H,1,8H2,2-6H3,(H,15,17)/t10-,14-/m0/s1. The summed E-state index contributed by atoms with van der Waals surface area (Å²) in [6, 6.07) is 0. The summed E-state index contributed by atoms with van der Waals surface area (Å²) in [6.45, 7) is 12.7. The molecule has 0 aromatic heterocycles. The Morgan fingerprint density at radius 2 is 2.00 bits per heavy atom. The van der Waals surface area contributed by atoms with Crippen molar-refractivity contribution < 1.29 is 14.3 Å². The SMILES string of the molecule is C=C[C@H]1C[C@@]1(NC(=O)OC(C)(C)C)C(=O)C(C)C. The van der Waals surface area contributed by atoms with Gasteiger partial charge in [-0.15, -0.1) is 6.58 Å². The van der Waals surface area contributed by atoms with E-state index in [0.29, 0.717) is 6.42 Å². The van der Waals surface area contributed by atoms with Crippen molar-refractivity contribution in [1.82, 2.24) is 5.32 Å². The lowest BCUT2D eigenvalue weighted by atomic mass is 9.98. The van der Waals surface area contributed by atoms with Gasteiger partial charge in [-0.3, -0.25) is 4.79 Å². The lowest BCUT2D eigenvalue weighted by Gasteiger charge is -2.24. The molecule has 1 amide bonds. The minimum Gasteiger partial charge on any atom is -0.444 e. The summed E-state index contributed by atoms with van der Waals surface area (Å²) < 4.78 is 5.20. The first-order chi connectivity index (χ1) is 8.12. The lowest BCUT2D eigenvalue weighted by molar-refractivity contribution is -0.125. The molecule has 1 fully saturated rings. The van der Waals surface area contributed by atoms with Gasteiger partial charge in [0.2, 0.25) is 0 Å². The maximum atomic E-state index is 12.2. The Balaban J connectivity index is 2.75. The highest BCUT2D eigenvalue weighted by Crippen LogP contribution is 2.46. The normalized spacial score (nSPS) is 26.7. The first-order valence-corrected chi connectivity index (χ1v) is 6.30. The average molecular weight is 253 g/mol. The van der Waals surface area contributed by atoms with E-state index in [4.69, 9.17) is 4.74 Å². The molecule has 0 saturated heterocycles. The summed E-state index contributed by atoms with van der Waals surface area (Å²) in [4.78, 5) is 24.0. The van der Waals surface area contributed by atoms with Crippen molar-refractivity contribution in [2.75, 3.05) is 0 Å². The molecule has 1 N–H and O–H groups in total. The Morgan fingerprint density at radius 1 is 1.44 bits per heavy atom. The van der Waals surface area contributed by atoms with E-state index in [1.165, 1.54) is 0 Å². The number of rotatable bonds is 4. The third kappa shape index (κ3) is 3.12. The Labute approximate surface area is 109 Å². The topological polar surface area (TPSA) is 55.4 Å². The second kappa shape index (κ2) is 4.75. The van der Waals surface area contributed by atoms with Gasteiger partial charge < -0.3 is 10.1 Å². The number of nitrogens with one attached hydrogen (secondary N) is 1. The van der Waals surface area contributed by atoms with Crippen LogP contribution in [0.5, 0.6) is 0 Å². The predicted octanol–water partition coefficient (Wildman–Crippen LogP) is 2.68. The first-order valence-electron chi connectivity index (χ1n) is 6.30. The fourth-order valence-electron chi connectivity index (χ4n) is 2.06. The summed E-state index contributed by atoms with van der Waals surface area (Å²) >= 11 is 0. The van der Waals surface area contributed by atoms with Crippen molar-refractivity contribution in [2.24, 2.45) is 11.8 Å². The van der Waals surface area contributed by atoms with Crippen LogP contribution >= 0.6 is 0 Å². The lowest BCUT2D eigenvalue weighted by Crippen LogP contribution is -2.48. The van der Waals surface area contributed by atoms with Gasteiger partial charge in [0.15, 0.2) is 5.78 Å². The second-order valence-electron chi connectivity index (χ2n) is 6.16. The first kappa shape index (κ1) is 14.7. The van der Waals surface area contributed by atoms with E-state index in [-0.39, 0.29) is 17.6 Å². The van der Waals surface area contributed by atoms with Crippen LogP contribution in [0.4, 0.5) is 4.79 Å². The smallest absolute Gasteiger partial charge is 0.408 e. The van der Waals surface area contributed by atoms with Gasteiger partial charge in [0.25, 0.3) is 0 Å². The van der Waals surface area contributed by atoms with Crippen LogP contribution in [0.15, 0.2) is 12.7 Å². The Bertz CT molecular complexity index is 368. The average Bonchev–Trinajstić information content (AvgIpc) is 2.88. The number of alkyl carbamates (subject to hydrolysis) is 1. The van der Waals surface area contributed by atoms with Gasteiger partial charge in [-0.2, -0.15) is 0 Å². The zero-order chi connectivity index (χ0) is 14.1. The molecular formula is C14H23NO3. The van der Waals surface area contributed by atoms with Crippen molar-refractivity contribution >= 4 is 11.9 Å². The predicted molar refractivity (Wildman–Crippen MR) is 70.2 cm³/mol. The van der Waals surface area contributed by atoms with Crippen molar-refractivity contribution in [3.63, 3.8) is 0 Å². The maximum absolute atomic E-state index is 12.2. The van der Waals surface area contributed by atoms with E-state index < -0.39 is 17.2 Å². The zero-order valence-corrected chi connectivity index (χ0v) is 11.9. The molecule has 1 saturated carbocycles. The minimum atomic E-state index is -0.793. The van der Waals surface area contributed by atoms with E-state index >= 15 is 0 Å². The number of amides is 1. The number of hydrogen-bond donors (Lipinski definition) is 1. The number of ketones is 1. The van der Waals surface area contributed by atoms with Crippen molar-refractivity contribution in [1.29, 1.82) is 0 Å². The molecule has 2 atom stereocenters. The number of ether oxygens (including phenoxy) is 1. The van der Waals surface area contributed by atoms with Gasteiger partial charge in [0, 0.05) is 11.8 Å². The van der Waals surface area contributed by atoms with Crippen LogP contribution in [0.25, 0.3) is 0 Å². The monoisotopic (exact) mass is 253 g/mol. The Morgan fingerprint density at radius 3 is 2.33 bits per heavy atom. The molecule has 4 nitrogen and oxygen atoms in total. The molecular weight excluding hydrogens is 230 g/mol. The van der Waals surface area contributed by atoms with Gasteiger partial charge in [0.1, 0.15) is 11.1 Å². The Kier molecular flexibility index (Phi) is 3.89. The van der Waals surface area contributed by atoms with Crippen LogP contribution in [0.3, 0.4) is 0 Å². The largest absolute Gasteiger partial charge is 0.444 e. The highest BCUT2D eigenvalue weighted by Gasteiger charge is 2.60. The minimum absolute atomic E-state index is 0.0138. The Hall–Kier alpha value is -1.32. The summed E-state index contributed by atoms with van der Waals surface area (Å²) in [7, 11) is 0. The van der Waals surface area contributed by atoms with Crippen LogP contribution in [0, 0.1) is 11.8 Å². The van der Waals surface area contributed by atoms with Crippen molar-refractivity contribution in [2.45, 2.75) is 52.2 Å². The summed E-state index contributed by atoms with van der Waals surface area (Å²) in [5.74, 6) is -0.0666. The van der Waals surface area contributed by atoms with Crippen LogP contribution in [-0.4, -0.2) is 23.0 Å². The van der Waals surface area contributed by atoms with E-state index in [0.717, 1.165) is 0 Å². The molecule has 0 heterocycles. The molecule has 1 aliphatic rings. The van der Waals surface area contributed by atoms with Crippen molar-refractivity contribution in [3.05, 3.63) is 12.7 Å². The quantitative estimate of drug-likeness (QED) is 0.784. The van der Waals surface area contributed by atoms with Crippen LogP contribution in [0.1, 0.15) is 41.0 Å². The van der Waals surface area contributed by atoms with E-state index in [2.05, 4.69) is 11.9 Å². The fourth-order valence-corrected chi connectivity index (χ4v) is 2.06. The molecule has 0 radical (unpaired) electrons. The number of carbonyl (C=O) groups is 2. The summed E-state index contributed by atoms with van der Waals surface area (Å²) in [5.41, 5.74) is -1.36. The van der Waals surface area contributed by atoms with Crippen LogP contribution in [-0.2, 0) is 9.53 Å². The number of carbonyl (C=O) groups excluding carboxylic acids is 2. The summed E-state index contributed by atoms with van der Waals surface area (Å²) in [6.07, 6.45) is 1.80. The van der Waals surface area contributed by atoms with Crippen LogP contribution in [0.2, 0.25) is 0 Å². The van der Waals surface area contributed by atoms with Crippen molar-refractivity contribution in [3.8, 4) is 0 Å². The molecule has 1 aliphatic carbocycles. The van der Waals surface area contributed by atoms with Gasteiger partial charge in [-0.1, -0.05) is 19.9 Å². The van der Waals surface area contributed by atoms with Gasteiger partial charge in [-0.25, -0.2) is 4.79 Å². The molecule has 102 valence electrons. The molecule has 0 spiro atoms. The van der Waals surface area contributed by atoms with Gasteiger partial charge in [0.05, 0.1) is 0 Å². The van der Waals surface area contributed by atoms with E-state index in [1.54, 1.807) is 26.8 Å². The number of hydrogen-bond acceptors (Lipinski definition) is 3. The summed E-state index contributed by atoms with van der Waals surface area (Å²) in [5, 5.41) is 2.72. The highest BCUT2D eigenvalue weighted by molar-refractivity contribution is 5.96. The molecule has 0 aliphatic heterocycles. The zero-order valence-electron chi connectivity index (χ0n) is 11.9.